The van der Waals surface area contributed by atoms with Crippen molar-refractivity contribution in [1.82, 2.24) is 20.0 Å². The van der Waals surface area contributed by atoms with Crippen LogP contribution in [0.15, 0.2) is 22.7 Å². The molecule has 6 heteroatoms. The maximum atomic E-state index is 5.21. The second kappa shape index (κ2) is 7.12. The topological polar surface area (TPSA) is 64.3 Å². The number of nitrogens with zero attached hydrogens (tertiary/aromatic N) is 4. The number of hydrogen-bond donors (Lipinski definition) is 0. The summed E-state index contributed by atoms with van der Waals surface area (Å²) in [6.07, 6.45) is 0. The highest BCUT2D eigenvalue weighted by atomic mass is 16.5. The molecule has 0 saturated carbocycles. The molecule has 0 aliphatic heterocycles. The Morgan fingerprint density at radius 3 is 2.80 bits per heavy atom. The predicted molar refractivity (Wildman–Crippen MR) is 73.8 cm³/mol. The van der Waals surface area contributed by atoms with Gasteiger partial charge in [-0.1, -0.05) is 18.1 Å². The van der Waals surface area contributed by atoms with Gasteiger partial charge < -0.3 is 9.26 Å². The van der Waals surface area contributed by atoms with E-state index in [2.05, 4.69) is 26.9 Å². The van der Waals surface area contributed by atoms with Crippen LogP contribution in [0.4, 0.5) is 0 Å². The van der Waals surface area contributed by atoms with Crippen molar-refractivity contribution < 1.29 is 9.26 Å². The zero-order valence-electron chi connectivity index (χ0n) is 12.2. The van der Waals surface area contributed by atoms with Crippen LogP contribution >= 0.6 is 0 Å². The van der Waals surface area contributed by atoms with E-state index in [1.54, 1.807) is 7.11 Å². The van der Waals surface area contributed by atoms with Gasteiger partial charge in [0.2, 0.25) is 5.89 Å². The monoisotopic (exact) mass is 276 g/mol. The van der Waals surface area contributed by atoms with Gasteiger partial charge in [-0.2, -0.15) is 4.98 Å². The van der Waals surface area contributed by atoms with Crippen LogP contribution in [0.2, 0.25) is 0 Å². The van der Waals surface area contributed by atoms with Gasteiger partial charge in [-0.05, 0) is 25.6 Å². The molecule has 0 spiro atoms. The fourth-order valence-electron chi connectivity index (χ4n) is 1.93. The van der Waals surface area contributed by atoms with Gasteiger partial charge in [0, 0.05) is 19.3 Å². The third-order valence-corrected chi connectivity index (χ3v) is 2.92. The number of aromatic nitrogens is 3. The van der Waals surface area contributed by atoms with E-state index >= 15 is 0 Å². The standard InChI is InChI=1S/C14H20N4O2/c1-4-18(8-12-7-5-6-11(2)15-12)9-14-16-13(10-19-3)17-20-14/h5-7H,4,8-10H2,1-3H3. The molecular weight excluding hydrogens is 256 g/mol. The lowest BCUT2D eigenvalue weighted by Gasteiger charge is -2.17. The SMILES string of the molecule is CCN(Cc1cccc(C)n1)Cc1nc(COC)no1. The third kappa shape index (κ3) is 4.11. The van der Waals surface area contributed by atoms with E-state index in [4.69, 9.17) is 9.26 Å². The predicted octanol–water partition coefficient (Wildman–Crippen LogP) is 1.94. The van der Waals surface area contributed by atoms with Crippen LogP contribution in [0.3, 0.4) is 0 Å². The summed E-state index contributed by atoms with van der Waals surface area (Å²) in [7, 11) is 1.61. The first kappa shape index (κ1) is 14.6. The Balaban J connectivity index is 1.97. The molecule has 20 heavy (non-hydrogen) atoms. The van der Waals surface area contributed by atoms with E-state index in [1.165, 1.54) is 0 Å². The molecule has 108 valence electrons. The molecule has 0 aliphatic rings. The lowest BCUT2D eigenvalue weighted by atomic mass is 10.3. The van der Waals surface area contributed by atoms with E-state index in [1.807, 2.05) is 25.1 Å². The summed E-state index contributed by atoms with van der Waals surface area (Å²) in [6, 6.07) is 6.05. The van der Waals surface area contributed by atoms with Crippen LogP contribution in [0.1, 0.15) is 30.0 Å². The number of hydrogen-bond acceptors (Lipinski definition) is 6. The Morgan fingerprint density at radius 1 is 1.25 bits per heavy atom. The summed E-state index contributed by atoms with van der Waals surface area (Å²) >= 11 is 0. The zero-order valence-corrected chi connectivity index (χ0v) is 12.2. The Hall–Kier alpha value is -1.79. The van der Waals surface area contributed by atoms with Crippen LogP contribution in [-0.4, -0.2) is 33.7 Å². The highest BCUT2D eigenvalue weighted by Gasteiger charge is 2.11. The van der Waals surface area contributed by atoms with Crippen molar-refractivity contribution in [3.8, 4) is 0 Å². The molecule has 0 atom stereocenters. The molecular formula is C14H20N4O2. The Kier molecular flexibility index (Phi) is 5.20. The number of aryl methyl sites for hydroxylation is 1. The van der Waals surface area contributed by atoms with Crippen molar-refractivity contribution >= 4 is 0 Å². The van der Waals surface area contributed by atoms with E-state index in [0.717, 1.165) is 24.5 Å². The summed E-state index contributed by atoms with van der Waals surface area (Å²) in [4.78, 5) is 11.0. The highest BCUT2D eigenvalue weighted by Crippen LogP contribution is 2.08. The number of rotatable bonds is 7. The van der Waals surface area contributed by atoms with Crippen molar-refractivity contribution in [3.05, 3.63) is 41.3 Å². The second-order valence-electron chi connectivity index (χ2n) is 4.61. The Labute approximate surface area is 118 Å². The lowest BCUT2D eigenvalue weighted by Crippen LogP contribution is -2.23. The molecule has 0 unspecified atom stereocenters. The Morgan fingerprint density at radius 2 is 2.10 bits per heavy atom. The van der Waals surface area contributed by atoms with Crippen molar-refractivity contribution in [2.24, 2.45) is 0 Å². The highest BCUT2D eigenvalue weighted by molar-refractivity contribution is 5.09. The van der Waals surface area contributed by atoms with Gasteiger partial charge in [-0.15, -0.1) is 0 Å². The summed E-state index contributed by atoms with van der Waals surface area (Å²) in [5.74, 6) is 1.18. The molecule has 0 aliphatic carbocycles. The van der Waals surface area contributed by atoms with Crippen LogP contribution in [0.25, 0.3) is 0 Å². The quantitative estimate of drug-likeness (QED) is 0.770. The first-order valence-electron chi connectivity index (χ1n) is 6.66. The van der Waals surface area contributed by atoms with Gasteiger partial charge in [0.1, 0.15) is 6.61 Å². The maximum Gasteiger partial charge on any atom is 0.240 e. The van der Waals surface area contributed by atoms with Gasteiger partial charge >= 0.3 is 0 Å². The second-order valence-corrected chi connectivity index (χ2v) is 4.61. The molecule has 0 fully saturated rings. The first-order valence-corrected chi connectivity index (χ1v) is 6.66. The van der Waals surface area contributed by atoms with Gasteiger partial charge in [0.25, 0.3) is 0 Å². The molecule has 0 amide bonds. The number of methoxy groups -OCH3 is 1. The maximum absolute atomic E-state index is 5.21. The van der Waals surface area contributed by atoms with E-state index in [0.29, 0.717) is 24.9 Å². The van der Waals surface area contributed by atoms with Gasteiger partial charge in [0.05, 0.1) is 12.2 Å². The molecule has 2 aromatic rings. The molecule has 0 N–H and O–H groups in total. The van der Waals surface area contributed by atoms with Crippen LogP contribution < -0.4 is 0 Å². The summed E-state index contributed by atoms with van der Waals surface area (Å²) in [5.41, 5.74) is 2.07. The fourth-order valence-corrected chi connectivity index (χ4v) is 1.93. The van der Waals surface area contributed by atoms with Crippen molar-refractivity contribution in [2.75, 3.05) is 13.7 Å². The molecule has 0 aromatic carbocycles. The minimum Gasteiger partial charge on any atom is -0.377 e. The number of pyridine rings is 1. The fraction of sp³-hybridized carbons (Fsp3) is 0.500. The van der Waals surface area contributed by atoms with Crippen LogP contribution in [0.5, 0.6) is 0 Å². The smallest absolute Gasteiger partial charge is 0.240 e. The number of ether oxygens (including phenoxy) is 1. The molecule has 0 saturated heterocycles. The van der Waals surface area contributed by atoms with Crippen LogP contribution in [0, 0.1) is 6.92 Å². The van der Waals surface area contributed by atoms with Crippen molar-refractivity contribution in [3.63, 3.8) is 0 Å². The van der Waals surface area contributed by atoms with Crippen molar-refractivity contribution in [1.29, 1.82) is 0 Å². The van der Waals surface area contributed by atoms with Crippen molar-refractivity contribution in [2.45, 2.75) is 33.5 Å². The summed E-state index contributed by atoms with van der Waals surface area (Å²) in [5, 5.41) is 3.86. The molecule has 2 rings (SSSR count). The van der Waals surface area contributed by atoms with Gasteiger partial charge in [0.15, 0.2) is 5.82 Å². The molecule has 0 bridgehead atoms. The molecule has 2 aromatic heterocycles. The minimum atomic E-state index is 0.370. The largest absolute Gasteiger partial charge is 0.377 e. The van der Waals surface area contributed by atoms with Crippen LogP contribution in [-0.2, 0) is 24.4 Å². The first-order chi connectivity index (χ1) is 9.71. The van der Waals surface area contributed by atoms with E-state index in [9.17, 15) is 0 Å². The average molecular weight is 276 g/mol. The normalized spacial score (nSPS) is 11.2. The lowest BCUT2D eigenvalue weighted by molar-refractivity contribution is 0.174. The molecule has 0 radical (unpaired) electrons. The zero-order chi connectivity index (χ0) is 14.4. The molecule has 2 heterocycles. The average Bonchev–Trinajstić information content (AvgIpc) is 2.86. The Bertz CT molecular complexity index is 541. The summed E-state index contributed by atoms with van der Waals surface area (Å²) < 4.78 is 10.2. The minimum absolute atomic E-state index is 0.370. The van der Waals surface area contributed by atoms with E-state index in [-0.39, 0.29) is 0 Å². The summed E-state index contributed by atoms with van der Waals surface area (Å²) in [6.45, 7) is 6.73. The van der Waals surface area contributed by atoms with Gasteiger partial charge in [-0.3, -0.25) is 9.88 Å². The van der Waals surface area contributed by atoms with E-state index < -0.39 is 0 Å². The van der Waals surface area contributed by atoms with Gasteiger partial charge in [-0.25, -0.2) is 0 Å². The molecule has 6 nitrogen and oxygen atoms in total. The third-order valence-electron chi connectivity index (χ3n) is 2.92.